The zero-order chi connectivity index (χ0) is 22.4. The van der Waals surface area contributed by atoms with Crippen LogP contribution in [0.3, 0.4) is 0 Å². The van der Waals surface area contributed by atoms with E-state index < -0.39 is 11.9 Å². The van der Waals surface area contributed by atoms with Gasteiger partial charge in [0.2, 0.25) is 0 Å². The molecule has 2 aromatic rings. The van der Waals surface area contributed by atoms with Gasteiger partial charge in [0.25, 0.3) is 5.91 Å². The third kappa shape index (κ3) is 5.40. The first-order valence-corrected chi connectivity index (χ1v) is 10.6. The Morgan fingerprint density at radius 3 is 2.63 bits per heavy atom. The average Bonchev–Trinajstić information content (AvgIpc) is 3.13. The molecule has 0 aliphatic rings. The molecule has 0 unspecified atom stereocenters. The Labute approximate surface area is 187 Å². The maximum absolute atomic E-state index is 12.7. The third-order valence-electron chi connectivity index (χ3n) is 3.98. The first-order chi connectivity index (χ1) is 14.2. The van der Waals surface area contributed by atoms with Gasteiger partial charge in [0.05, 0.1) is 23.8 Å². The number of ether oxygens (including phenoxy) is 2. The van der Waals surface area contributed by atoms with Gasteiger partial charge in [-0.3, -0.25) is 4.79 Å². The van der Waals surface area contributed by atoms with E-state index in [9.17, 15) is 20.0 Å². The van der Waals surface area contributed by atoms with Crippen LogP contribution < -0.4 is 10.1 Å². The second-order valence-electron chi connectivity index (χ2n) is 6.44. The number of benzene rings is 1. The van der Waals surface area contributed by atoms with Crippen LogP contribution in [-0.2, 0) is 9.53 Å². The van der Waals surface area contributed by atoms with Gasteiger partial charge in [0, 0.05) is 4.88 Å². The minimum Gasteiger partial charge on any atom is -0.503 e. The van der Waals surface area contributed by atoms with Crippen LogP contribution in [0.4, 0.5) is 5.00 Å². The number of carbonyl (C=O) groups is 2. The van der Waals surface area contributed by atoms with Gasteiger partial charge in [-0.05, 0) is 58.6 Å². The Morgan fingerprint density at radius 1 is 1.37 bits per heavy atom. The van der Waals surface area contributed by atoms with Crippen LogP contribution in [0.15, 0.2) is 28.2 Å². The summed E-state index contributed by atoms with van der Waals surface area (Å²) >= 11 is 4.48. The SMILES string of the molecule is CCOc1cc(C=C(C#N)C(=O)Nc2sc(C(C)C)cc2C(=O)OC)cc(Br)c1O. The summed E-state index contributed by atoms with van der Waals surface area (Å²) in [5.74, 6) is -0.925. The van der Waals surface area contributed by atoms with Crippen molar-refractivity contribution < 1.29 is 24.2 Å². The number of carbonyl (C=O) groups excluding carboxylic acids is 2. The Kier molecular flexibility index (Phi) is 8.03. The molecule has 0 atom stereocenters. The van der Waals surface area contributed by atoms with Crippen LogP contribution in [0.25, 0.3) is 6.08 Å². The van der Waals surface area contributed by atoms with E-state index in [2.05, 4.69) is 21.2 Å². The molecular formula is C21H21BrN2O5S. The van der Waals surface area contributed by atoms with E-state index >= 15 is 0 Å². The smallest absolute Gasteiger partial charge is 0.340 e. The molecule has 0 fully saturated rings. The van der Waals surface area contributed by atoms with E-state index in [1.165, 1.54) is 30.6 Å². The summed E-state index contributed by atoms with van der Waals surface area (Å²) in [4.78, 5) is 25.7. The first-order valence-electron chi connectivity index (χ1n) is 9.02. The largest absolute Gasteiger partial charge is 0.503 e. The van der Waals surface area contributed by atoms with E-state index in [4.69, 9.17) is 9.47 Å². The number of anilines is 1. The highest BCUT2D eigenvalue weighted by atomic mass is 79.9. The Morgan fingerprint density at radius 2 is 2.07 bits per heavy atom. The molecular weight excluding hydrogens is 472 g/mol. The van der Waals surface area contributed by atoms with Crippen LogP contribution >= 0.6 is 27.3 Å². The summed E-state index contributed by atoms with van der Waals surface area (Å²) in [6, 6.07) is 6.63. The molecule has 2 N–H and O–H groups in total. The number of esters is 1. The molecule has 0 aliphatic carbocycles. The van der Waals surface area contributed by atoms with Crippen LogP contribution in [-0.4, -0.2) is 30.7 Å². The van der Waals surface area contributed by atoms with Gasteiger partial charge in [0.15, 0.2) is 11.5 Å². The normalized spacial score (nSPS) is 11.2. The maximum atomic E-state index is 12.7. The molecule has 0 bridgehead atoms. The molecule has 1 heterocycles. The molecule has 0 saturated carbocycles. The quantitative estimate of drug-likeness (QED) is 0.317. The molecule has 30 heavy (non-hydrogen) atoms. The van der Waals surface area contributed by atoms with E-state index in [1.54, 1.807) is 19.1 Å². The number of phenolic OH excluding ortho intramolecular Hbond substituents is 1. The van der Waals surface area contributed by atoms with Crippen molar-refractivity contribution >= 4 is 50.2 Å². The average molecular weight is 493 g/mol. The highest BCUT2D eigenvalue weighted by molar-refractivity contribution is 9.10. The summed E-state index contributed by atoms with van der Waals surface area (Å²) in [6.45, 7) is 6.05. The molecule has 1 aromatic heterocycles. The van der Waals surface area contributed by atoms with E-state index in [-0.39, 0.29) is 28.6 Å². The topological polar surface area (TPSA) is 109 Å². The fourth-order valence-electron chi connectivity index (χ4n) is 2.48. The van der Waals surface area contributed by atoms with E-state index in [1.807, 2.05) is 19.9 Å². The zero-order valence-corrected chi connectivity index (χ0v) is 19.3. The Balaban J connectivity index is 2.38. The van der Waals surface area contributed by atoms with Gasteiger partial charge in [-0.25, -0.2) is 4.79 Å². The minimum absolute atomic E-state index is 0.0699. The van der Waals surface area contributed by atoms with E-state index in [0.29, 0.717) is 21.6 Å². The van der Waals surface area contributed by atoms with Crippen molar-refractivity contribution in [2.75, 3.05) is 19.0 Å². The number of phenols is 1. The molecule has 1 amide bonds. The number of halogens is 1. The van der Waals surface area contributed by atoms with Crippen LogP contribution in [0, 0.1) is 11.3 Å². The minimum atomic E-state index is -0.665. The lowest BCUT2D eigenvalue weighted by molar-refractivity contribution is -0.112. The Hall–Kier alpha value is -2.83. The predicted octanol–water partition coefficient (Wildman–Crippen LogP) is 5.07. The van der Waals surface area contributed by atoms with Crippen molar-refractivity contribution in [2.45, 2.75) is 26.7 Å². The molecule has 2 rings (SSSR count). The molecule has 0 radical (unpaired) electrons. The van der Waals surface area contributed by atoms with Gasteiger partial charge in [-0.15, -0.1) is 11.3 Å². The summed E-state index contributed by atoms with van der Waals surface area (Å²) in [5, 5.41) is 22.5. The fourth-order valence-corrected chi connectivity index (χ4v) is 3.98. The molecule has 9 heteroatoms. The third-order valence-corrected chi connectivity index (χ3v) is 5.93. The van der Waals surface area contributed by atoms with Crippen LogP contribution in [0.2, 0.25) is 0 Å². The van der Waals surface area contributed by atoms with Gasteiger partial charge in [-0.2, -0.15) is 5.26 Å². The number of aromatic hydroxyl groups is 1. The highest BCUT2D eigenvalue weighted by Crippen LogP contribution is 2.36. The standard InChI is InChI=1S/C21H21BrN2O5S/c1-5-29-16-8-12(7-15(22)18(16)25)6-13(10-23)19(26)24-20-14(21(27)28-4)9-17(30-20)11(2)3/h6-9,11,25H,5H2,1-4H3,(H,24,26). The number of nitriles is 1. The number of thiophene rings is 1. The van der Waals surface area contributed by atoms with Gasteiger partial charge in [-0.1, -0.05) is 13.8 Å². The van der Waals surface area contributed by atoms with Crippen molar-refractivity contribution in [3.8, 4) is 17.6 Å². The second kappa shape index (κ2) is 10.3. The van der Waals surface area contributed by atoms with Crippen molar-refractivity contribution in [1.82, 2.24) is 0 Å². The number of nitrogens with one attached hydrogen (secondary N) is 1. The first kappa shape index (κ1) is 23.4. The number of amides is 1. The number of nitrogens with zero attached hydrogens (tertiary/aromatic N) is 1. The second-order valence-corrected chi connectivity index (χ2v) is 8.38. The summed E-state index contributed by atoms with van der Waals surface area (Å²) < 4.78 is 10.5. The lowest BCUT2D eigenvalue weighted by Gasteiger charge is -2.09. The Bertz CT molecular complexity index is 1040. The number of rotatable bonds is 7. The maximum Gasteiger partial charge on any atom is 0.340 e. The van der Waals surface area contributed by atoms with Crippen LogP contribution in [0.1, 0.15) is 47.5 Å². The van der Waals surface area contributed by atoms with Crippen molar-refractivity contribution in [3.63, 3.8) is 0 Å². The van der Waals surface area contributed by atoms with Crippen molar-refractivity contribution in [2.24, 2.45) is 0 Å². The molecule has 0 saturated heterocycles. The molecule has 0 spiro atoms. The monoisotopic (exact) mass is 492 g/mol. The number of hydrogen-bond donors (Lipinski definition) is 2. The van der Waals surface area contributed by atoms with Gasteiger partial charge < -0.3 is 19.9 Å². The van der Waals surface area contributed by atoms with Gasteiger partial charge >= 0.3 is 5.97 Å². The molecule has 1 aromatic carbocycles. The lowest BCUT2D eigenvalue weighted by Crippen LogP contribution is -2.15. The lowest BCUT2D eigenvalue weighted by atomic mass is 10.1. The number of methoxy groups -OCH3 is 1. The van der Waals surface area contributed by atoms with Crippen LogP contribution in [0.5, 0.6) is 11.5 Å². The van der Waals surface area contributed by atoms with Gasteiger partial charge in [0.1, 0.15) is 16.6 Å². The summed E-state index contributed by atoms with van der Waals surface area (Å²) in [6.07, 6.45) is 1.37. The zero-order valence-electron chi connectivity index (χ0n) is 16.9. The fraction of sp³-hybridized carbons (Fsp3) is 0.286. The molecule has 7 nitrogen and oxygen atoms in total. The van der Waals surface area contributed by atoms with E-state index in [0.717, 1.165) is 4.88 Å². The molecule has 0 aliphatic heterocycles. The summed E-state index contributed by atoms with van der Waals surface area (Å²) in [5.41, 5.74) is 0.547. The number of hydrogen-bond acceptors (Lipinski definition) is 7. The summed E-state index contributed by atoms with van der Waals surface area (Å²) in [7, 11) is 1.26. The molecule has 158 valence electrons. The predicted molar refractivity (Wildman–Crippen MR) is 119 cm³/mol. The van der Waals surface area contributed by atoms with Crippen molar-refractivity contribution in [1.29, 1.82) is 5.26 Å². The highest BCUT2D eigenvalue weighted by Gasteiger charge is 2.21. The van der Waals surface area contributed by atoms with Crippen molar-refractivity contribution in [3.05, 3.63) is 44.2 Å².